The minimum atomic E-state index is -0.696. The SMILES string of the molecule is COc1ccc(N=C(SCC(=O)NCC(C)C)c2c(O)n(C)c(=O)n(C)c2=O)cc1. The molecule has 2 aromatic rings. The van der Waals surface area contributed by atoms with Crippen molar-refractivity contribution in [2.24, 2.45) is 25.0 Å². The molecule has 1 aromatic carbocycles. The molecule has 0 bridgehead atoms. The molecule has 0 atom stereocenters. The molecule has 9 nitrogen and oxygen atoms in total. The van der Waals surface area contributed by atoms with Gasteiger partial charge in [-0.25, -0.2) is 9.79 Å². The van der Waals surface area contributed by atoms with Crippen molar-refractivity contribution in [2.45, 2.75) is 13.8 Å². The number of hydrogen-bond donors (Lipinski definition) is 2. The zero-order chi connectivity index (χ0) is 22.4. The molecule has 0 aliphatic heterocycles. The lowest BCUT2D eigenvalue weighted by Crippen LogP contribution is -2.40. The second-order valence-corrected chi connectivity index (χ2v) is 7.97. The van der Waals surface area contributed by atoms with Crippen LogP contribution in [-0.4, -0.2) is 44.6 Å². The average molecular weight is 435 g/mol. The van der Waals surface area contributed by atoms with E-state index in [-0.39, 0.29) is 22.3 Å². The van der Waals surface area contributed by atoms with Gasteiger partial charge in [-0.3, -0.25) is 18.7 Å². The first kappa shape index (κ1) is 23.3. The largest absolute Gasteiger partial charge is 0.497 e. The van der Waals surface area contributed by atoms with Crippen molar-refractivity contribution in [2.75, 3.05) is 19.4 Å². The number of hydrogen-bond acceptors (Lipinski definition) is 7. The molecule has 0 fully saturated rings. The van der Waals surface area contributed by atoms with E-state index in [2.05, 4.69) is 10.3 Å². The van der Waals surface area contributed by atoms with Crippen LogP contribution in [0.1, 0.15) is 19.4 Å². The highest BCUT2D eigenvalue weighted by Gasteiger charge is 2.21. The predicted molar refractivity (Wildman–Crippen MR) is 118 cm³/mol. The number of carbonyl (C=O) groups excluding carboxylic acids is 1. The number of methoxy groups -OCH3 is 1. The van der Waals surface area contributed by atoms with Crippen molar-refractivity contribution in [3.63, 3.8) is 0 Å². The zero-order valence-corrected chi connectivity index (χ0v) is 18.4. The third-order valence-corrected chi connectivity index (χ3v) is 5.17. The predicted octanol–water partition coefficient (Wildman–Crippen LogP) is 1.38. The Morgan fingerprint density at radius 3 is 2.40 bits per heavy atom. The summed E-state index contributed by atoms with van der Waals surface area (Å²) in [4.78, 5) is 41.4. The third-order valence-electron chi connectivity index (χ3n) is 4.20. The molecule has 0 saturated heterocycles. The number of nitrogens with zero attached hydrogens (tertiary/aromatic N) is 3. The van der Waals surface area contributed by atoms with Crippen molar-refractivity contribution >= 4 is 28.4 Å². The van der Waals surface area contributed by atoms with Gasteiger partial charge < -0.3 is 15.2 Å². The van der Waals surface area contributed by atoms with Crippen LogP contribution in [-0.2, 0) is 18.9 Å². The normalized spacial score (nSPS) is 11.6. The Morgan fingerprint density at radius 2 is 1.83 bits per heavy atom. The number of ether oxygens (including phenoxy) is 1. The van der Waals surface area contributed by atoms with Crippen LogP contribution in [0.4, 0.5) is 5.69 Å². The summed E-state index contributed by atoms with van der Waals surface area (Å²) in [5.74, 6) is 0.193. The highest BCUT2D eigenvalue weighted by atomic mass is 32.2. The quantitative estimate of drug-likeness (QED) is 0.503. The van der Waals surface area contributed by atoms with E-state index in [1.54, 1.807) is 31.4 Å². The fraction of sp³-hybridized carbons (Fsp3) is 0.400. The van der Waals surface area contributed by atoms with Gasteiger partial charge in [-0.2, -0.15) is 0 Å². The summed E-state index contributed by atoms with van der Waals surface area (Å²) in [7, 11) is 4.21. The van der Waals surface area contributed by atoms with E-state index < -0.39 is 17.1 Å². The minimum Gasteiger partial charge on any atom is -0.497 e. The van der Waals surface area contributed by atoms with Crippen molar-refractivity contribution in [3.05, 3.63) is 50.7 Å². The lowest BCUT2D eigenvalue weighted by molar-refractivity contribution is -0.118. The van der Waals surface area contributed by atoms with Crippen LogP contribution in [0.5, 0.6) is 11.6 Å². The second-order valence-electron chi connectivity index (χ2n) is 7.01. The Bertz CT molecular complexity index is 1050. The number of aromatic hydroxyl groups is 1. The standard InChI is InChI=1S/C20H26N4O5S/c1-12(2)10-21-15(25)11-30-17(22-13-6-8-14(29-5)9-7-13)16-18(26)23(3)20(28)24(4)19(16)27/h6-9,12,26H,10-11H2,1-5H3,(H,21,25). The second kappa shape index (κ2) is 10.1. The van der Waals surface area contributed by atoms with Gasteiger partial charge in [-0.1, -0.05) is 25.6 Å². The fourth-order valence-corrected chi connectivity index (χ4v) is 3.32. The summed E-state index contributed by atoms with van der Waals surface area (Å²) in [6.45, 7) is 4.49. The van der Waals surface area contributed by atoms with Gasteiger partial charge in [-0.15, -0.1) is 0 Å². The molecule has 0 aliphatic carbocycles. The van der Waals surface area contributed by atoms with E-state index in [0.717, 1.165) is 20.9 Å². The van der Waals surface area contributed by atoms with E-state index in [1.807, 2.05) is 13.8 Å². The number of amides is 1. The van der Waals surface area contributed by atoms with E-state index >= 15 is 0 Å². The van der Waals surface area contributed by atoms with Crippen LogP contribution in [0.3, 0.4) is 0 Å². The van der Waals surface area contributed by atoms with Crippen molar-refractivity contribution in [1.82, 2.24) is 14.5 Å². The number of thioether (sulfide) groups is 1. The highest BCUT2D eigenvalue weighted by Crippen LogP contribution is 2.24. The molecule has 10 heteroatoms. The monoisotopic (exact) mass is 434 g/mol. The fourth-order valence-electron chi connectivity index (χ4n) is 2.46. The first-order valence-corrected chi connectivity index (χ1v) is 10.3. The average Bonchev–Trinajstić information content (AvgIpc) is 2.73. The maximum absolute atomic E-state index is 12.7. The summed E-state index contributed by atoms with van der Waals surface area (Å²) in [5, 5.41) is 13.4. The summed E-state index contributed by atoms with van der Waals surface area (Å²) in [5.41, 5.74) is -1.00. The number of carbonyl (C=O) groups is 1. The Kier molecular flexibility index (Phi) is 7.87. The summed E-state index contributed by atoms with van der Waals surface area (Å²) in [6, 6.07) is 6.77. The first-order valence-electron chi connectivity index (χ1n) is 9.27. The smallest absolute Gasteiger partial charge is 0.333 e. The topological polar surface area (TPSA) is 115 Å². The number of benzene rings is 1. The van der Waals surface area contributed by atoms with Gasteiger partial charge in [0, 0.05) is 20.6 Å². The van der Waals surface area contributed by atoms with Crippen LogP contribution < -0.4 is 21.3 Å². The molecule has 1 amide bonds. The first-order chi connectivity index (χ1) is 14.1. The van der Waals surface area contributed by atoms with Crippen LogP contribution >= 0.6 is 11.8 Å². The number of nitrogens with one attached hydrogen (secondary N) is 1. The zero-order valence-electron chi connectivity index (χ0n) is 17.6. The molecule has 1 aromatic heterocycles. The Morgan fingerprint density at radius 1 is 1.20 bits per heavy atom. The van der Waals surface area contributed by atoms with Gasteiger partial charge in [0.1, 0.15) is 16.4 Å². The maximum atomic E-state index is 12.7. The summed E-state index contributed by atoms with van der Waals surface area (Å²) >= 11 is 1.01. The van der Waals surface area contributed by atoms with Gasteiger partial charge in [0.15, 0.2) is 0 Å². The molecule has 1 heterocycles. The van der Waals surface area contributed by atoms with Gasteiger partial charge >= 0.3 is 5.69 Å². The number of aliphatic imine (C=N–C) groups is 1. The minimum absolute atomic E-state index is 0.00680. The number of rotatable bonds is 7. The van der Waals surface area contributed by atoms with Crippen molar-refractivity contribution in [3.8, 4) is 11.6 Å². The molecule has 0 saturated carbocycles. The molecule has 2 N–H and O–H groups in total. The van der Waals surface area contributed by atoms with Gasteiger partial charge in [-0.05, 0) is 30.2 Å². The van der Waals surface area contributed by atoms with Gasteiger partial charge in [0.2, 0.25) is 11.8 Å². The maximum Gasteiger partial charge on any atom is 0.333 e. The number of aromatic nitrogens is 2. The third kappa shape index (κ3) is 5.53. The van der Waals surface area contributed by atoms with Crippen LogP contribution in [0.2, 0.25) is 0 Å². The highest BCUT2D eigenvalue weighted by molar-refractivity contribution is 8.15. The molecule has 162 valence electrons. The van der Waals surface area contributed by atoms with E-state index in [9.17, 15) is 19.5 Å². The summed E-state index contributed by atoms with van der Waals surface area (Å²) in [6.07, 6.45) is 0. The Balaban J connectivity index is 2.49. The Hall–Kier alpha value is -3.01. The Labute approximate surface area is 178 Å². The molecule has 0 radical (unpaired) electrons. The molecular weight excluding hydrogens is 408 g/mol. The van der Waals surface area contributed by atoms with E-state index in [4.69, 9.17) is 4.74 Å². The lowest BCUT2D eigenvalue weighted by Gasteiger charge is -2.13. The molecule has 0 unspecified atom stereocenters. The molecule has 2 rings (SSSR count). The molecule has 0 spiro atoms. The van der Waals surface area contributed by atoms with Crippen LogP contribution in [0.25, 0.3) is 0 Å². The van der Waals surface area contributed by atoms with Crippen LogP contribution in [0, 0.1) is 5.92 Å². The van der Waals surface area contributed by atoms with E-state index in [0.29, 0.717) is 23.9 Å². The summed E-state index contributed by atoms with van der Waals surface area (Å²) < 4.78 is 6.97. The van der Waals surface area contributed by atoms with Gasteiger partial charge in [0.25, 0.3) is 5.56 Å². The lowest BCUT2D eigenvalue weighted by atomic mass is 10.2. The van der Waals surface area contributed by atoms with Crippen molar-refractivity contribution in [1.29, 1.82) is 0 Å². The molecular formula is C20H26N4O5S. The van der Waals surface area contributed by atoms with Gasteiger partial charge in [0.05, 0.1) is 18.6 Å². The molecule has 30 heavy (non-hydrogen) atoms. The van der Waals surface area contributed by atoms with Crippen molar-refractivity contribution < 1.29 is 14.6 Å². The van der Waals surface area contributed by atoms with E-state index in [1.165, 1.54) is 14.1 Å². The molecule has 0 aliphatic rings. The van der Waals surface area contributed by atoms with Crippen LogP contribution in [0.15, 0.2) is 38.8 Å².